The third kappa shape index (κ3) is 5.36. The smallest absolute Gasteiger partial charge is 0.262 e. The zero-order valence-electron chi connectivity index (χ0n) is 18.3. The molecule has 0 heterocycles. The van der Waals surface area contributed by atoms with Crippen LogP contribution >= 0.6 is 36.0 Å². The number of hydrogen-bond acceptors (Lipinski definition) is 2. The third-order valence-corrected chi connectivity index (χ3v) is 6.05. The van der Waals surface area contributed by atoms with Gasteiger partial charge in [-0.15, -0.1) is 12.4 Å². The number of quaternary nitrogens is 1. The van der Waals surface area contributed by atoms with Crippen molar-refractivity contribution < 1.29 is 13.7 Å². The van der Waals surface area contributed by atoms with E-state index in [0.29, 0.717) is 11.1 Å². The molecule has 0 spiro atoms. The summed E-state index contributed by atoms with van der Waals surface area (Å²) in [6, 6.07) is 12.7. The van der Waals surface area contributed by atoms with Gasteiger partial charge in [-0.05, 0) is 75.0 Å². The molecule has 0 radical (unpaired) electrons. The van der Waals surface area contributed by atoms with Crippen molar-refractivity contribution in [2.45, 2.75) is 59.9 Å². The normalized spacial score (nSPS) is 13.2. The lowest BCUT2D eigenvalue weighted by Crippen LogP contribution is -2.64. The number of hydrogen-bond donors (Lipinski definition) is 0. The number of carbonyl (C=O) groups is 2. The Labute approximate surface area is 196 Å². The molecule has 0 aliphatic rings. The van der Waals surface area contributed by atoms with E-state index in [1.165, 1.54) is 0 Å². The van der Waals surface area contributed by atoms with Crippen LogP contribution in [0.3, 0.4) is 0 Å². The first-order chi connectivity index (χ1) is 13.4. The standard InChI is InChI=1S/C23H29Cl2N2O2.ClH/c1-7-8-18-9-11-19(12-10-18)22(29)27(25,23(4,5)6)26(24)21(28)20-14-16(2)13-17(3)15-20;/h9-15H,7-8H2,1-6H3;1H/q+1;. The second-order valence-electron chi connectivity index (χ2n) is 8.42. The second kappa shape index (κ2) is 10.1. The van der Waals surface area contributed by atoms with Crippen LogP contribution in [0.4, 0.5) is 0 Å². The third-order valence-electron chi connectivity index (χ3n) is 4.78. The number of nitrogens with zero attached hydrogens (tertiary/aromatic N) is 2. The maximum Gasteiger partial charge on any atom is 0.390 e. The van der Waals surface area contributed by atoms with E-state index in [9.17, 15) is 9.59 Å². The summed E-state index contributed by atoms with van der Waals surface area (Å²) in [6.07, 6.45) is 1.95. The molecule has 1 atom stereocenters. The molecule has 0 aliphatic heterocycles. The van der Waals surface area contributed by atoms with E-state index in [1.807, 2.05) is 32.0 Å². The summed E-state index contributed by atoms with van der Waals surface area (Å²) < 4.78 is -0.106. The van der Waals surface area contributed by atoms with Crippen LogP contribution in [0.25, 0.3) is 0 Å². The minimum Gasteiger partial charge on any atom is -0.262 e. The van der Waals surface area contributed by atoms with E-state index in [1.54, 1.807) is 45.0 Å². The average Bonchev–Trinajstić information content (AvgIpc) is 2.64. The molecule has 0 N–H and O–H groups in total. The number of amides is 2. The van der Waals surface area contributed by atoms with Gasteiger partial charge in [0.25, 0.3) is 0 Å². The molecular formula is C23H30Cl3N2O2+. The van der Waals surface area contributed by atoms with Gasteiger partial charge in [0, 0.05) is 5.56 Å². The summed E-state index contributed by atoms with van der Waals surface area (Å²) in [4.78, 5) is 26.6. The highest BCUT2D eigenvalue weighted by Gasteiger charge is 2.56. The first-order valence-corrected chi connectivity index (χ1v) is 10.4. The fourth-order valence-corrected chi connectivity index (χ4v) is 3.81. The van der Waals surface area contributed by atoms with E-state index >= 15 is 0 Å². The molecule has 30 heavy (non-hydrogen) atoms. The molecule has 4 nitrogen and oxygen atoms in total. The predicted octanol–water partition coefficient (Wildman–Crippen LogP) is 6.80. The second-order valence-corrected chi connectivity index (χ2v) is 9.23. The minimum absolute atomic E-state index is 0. The summed E-state index contributed by atoms with van der Waals surface area (Å²) in [5, 5.41) is 0. The van der Waals surface area contributed by atoms with Crippen molar-refractivity contribution >= 4 is 47.8 Å². The summed E-state index contributed by atoms with van der Waals surface area (Å²) in [7, 11) is 0. The van der Waals surface area contributed by atoms with Crippen LogP contribution in [-0.2, 0) is 6.42 Å². The average molecular weight is 473 g/mol. The van der Waals surface area contributed by atoms with Crippen molar-refractivity contribution in [2.24, 2.45) is 0 Å². The fourth-order valence-electron chi connectivity index (χ4n) is 3.25. The van der Waals surface area contributed by atoms with Gasteiger partial charge in [0.1, 0.15) is 5.54 Å². The van der Waals surface area contributed by atoms with Crippen LogP contribution < -0.4 is 0 Å². The van der Waals surface area contributed by atoms with Crippen molar-refractivity contribution in [3.63, 3.8) is 0 Å². The molecule has 0 aromatic heterocycles. The highest BCUT2D eigenvalue weighted by atomic mass is 35.5. The van der Waals surface area contributed by atoms with Gasteiger partial charge in [0.15, 0.2) is 0 Å². The zero-order chi connectivity index (χ0) is 22.0. The Morgan fingerprint density at radius 2 is 1.47 bits per heavy atom. The van der Waals surface area contributed by atoms with Crippen LogP contribution in [0.5, 0.6) is 0 Å². The van der Waals surface area contributed by atoms with Crippen LogP contribution in [0, 0.1) is 13.8 Å². The molecule has 0 saturated heterocycles. The molecule has 0 saturated carbocycles. The molecule has 0 aliphatic carbocycles. The number of benzene rings is 2. The molecule has 7 heteroatoms. The van der Waals surface area contributed by atoms with Crippen LogP contribution in [0.15, 0.2) is 42.5 Å². The fraction of sp³-hybridized carbons (Fsp3) is 0.391. The van der Waals surface area contributed by atoms with E-state index < -0.39 is 21.5 Å². The van der Waals surface area contributed by atoms with Gasteiger partial charge >= 0.3 is 11.8 Å². The van der Waals surface area contributed by atoms with Gasteiger partial charge in [-0.3, -0.25) is 4.79 Å². The van der Waals surface area contributed by atoms with E-state index in [0.717, 1.165) is 34.1 Å². The number of halogens is 3. The maximum atomic E-state index is 13.5. The van der Waals surface area contributed by atoms with Crippen LogP contribution in [-0.4, -0.2) is 26.0 Å². The predicted molar refractivity (Wildman–Crippen MR) is 126 cm³/mol. The van der Waals surface area contributed by atoms with Crippen LogP contribution in [0.2, 0.25) is 0 Å². The summed E-state index contributed by atoms with van der Waals surface area (Å²) in [5.74, 6) is -0.991. The van der Waals surface area contributed by atoms with Gasteiger partial charge < -0.3 is 0 Å². The summed E-state index contributed by atoms with van der Waals surface area (Å²) in [6.45, 7) is 11.2. The molecule has 1 unspecified atom stereocenters. The number of rotatable bonds is 4. The first kappa shape index (κ1) is 26.4. The molecule has 2 aromatic carbocycles. The zero-order valence-corrected chi connectivity index (χ0v) is 20.7. The lowest BCUT2D eigenvalue weighted by Gasteiger charge is -2.40. The minimum atomic E-state index is -0.909. The summed E-state index contributed by atoms with van der Waals surface area (Å²) >= 11 is 13.3. The topological polar surface area (TPSA) is 37.4 Å². The lowest BCUT2D eigenvalue weighted by atomic mass is 10.0. The highest BCUT2D eigenvalue weighted by Crippen LogP contribution is 2.37. The van der Waals surface area contributed by atoms with Gasteiger partial charge in [-0.1, -0.05) is 47.2 Å². The van der Waals surface area contributed by atoms with Crippen molar-refractivity contribution in [1.82, 2.24) is 4.53 Å². The molecule has 164 valence electrons. The monoisotopic (exact) mass is 471 g/mol. The molecule has 2 rings (SSSR count). The van der Waals surface area contributed by atoms with E-state index in [2.05, 4.69) is 6.92 Å². The SMILES string of the molecule is CCCc1ccc(C(=O)[N+](Cl)(N(Cl)C(=O)c2cc(C)cc(C)c2)C(C)(C)C)cc1.Cl. The van der Waals surface area contributed by atoms with Gasteiger partial charge in [0.05, 0.1) is 17.3 Å². The van der Waals surface area contributed by atoms with Crippen molar-refractivity contribution in [2.75, 3.05) is 0 Å². The lowest BCUT2D eigenvalue weighted by molar-refractivity contribution is -0.871. The molecule has 0 fully saturated rings. The molecule has 0 bridgehead atoms. The Bertz CT molecular complexity index is 887. The Hall–Kier alpha value is -1.59. The quantitative estimate of drug-likeness (QED) is 0.362. The Kier molecular flexibility index (Phi) is 8.94. The van der Waals surface area contributed by atoms with Gasteiger partial charge in [0.2, 0.25) is 11.8 Å². The number of carbonyl (C=O) groups excluding carboxylic acids is 2. The van der Waals surface area contributed by atoms with Crippen molar-refractivity contribution in [3.8, 4) is 0 Å². The van der Waals surface area contributed by atoms with E-state index in [4.69, 9.17) is 23.6 Å². The van der Waals surface area contributed by atoms with Crippen molar-refractivity contribution in [1.29, 1.82) is 0 Å². The highest BCUT2D eigenvalue weighted by molar-refractivity contribution is 6.26. The summed E-state index contributed by atoms with van der Waals surface area (Å²) in [5.41, 5.74) is 2.90. The van der Waals surface area contributed by atoms with Gasteiger partial charge in [-0.25, -0.2) is 4.79 Å². The molecule has 2 amide bonds. The van der Waals surface area contributed by atoms with Crippen LogP contribution in [0.1, 0.15) is 71.5 Å². The Morgan fingerprint density at radius 3 is 1.90 bits per heavy atom. The molecular weight excluding hydrogens is 443 g/mol. The largest absolute Gasteiger partial charge is 0.390 e. The molecule has 2 aromatic rings. The van der Waals surface area contributed by atoms with Crippen molar-refractivity contribution in [3.05, 3.63) is 70.3 Å². The van der Waals surface area contributed by atoms with Gasteiger partial charge in [-0.2, -0.15) is 0 Å². The Morgan fingerprint density at radius 1 is 0.967 bits per heavy atom. The Balaban J connectivity index is 0.00000450. The van der Waals surface area contributed by atoms with E-state index in [-0.39, 0.29) is 12.4 Å². The first-order valence-electron chi connectivity index (χ1n) is 9.73. The maximum absolute atomic E-state index is 13.5. The number of aryl methyl sites for hydroxylation is 3.